The van der Waals surface area contributed by atoms with Gasteiger partial charge >= 0.3 is 0 Å². The third kappa shape index (κ3) is 4.23. The van der Waals surface area contributed by atoms with Crippen molar-refractivity contribution in [1.82, 2.24) is 35.1 Å². The maximum absolute atomic E-state index is 13.5. The van der Waals surface area contributed by atoms with Gasteiger partial charge in [0.15, 0.2) is 5.82 Å². The molecule has 0 radical (unpaired) electrons. The summed E-state index contributed by atoms with van der Waals surface area (Å²) in [4.78, 5) is 33.9. The standard InChI is InChI=1S/C30H19FN8O/c31-20-8-6-17(7-9-20)23-14-33-15-26-27(23)37-29(36-26)28-22-11-24(34-16-25(22)38-39-28)19-10-21(13-32-12-19)35-30(40)18-4-2-1-3-5-18/h1-16H,(H,35,40)(H,36,37)(H,38,39). The molecule has 1 amide bonds. The van der Waals surface area contributed by atoms with E-state index >= 15 is 0 Å². The van der Waals surface area contributed by atoms with Crippen LogP contribution in [0.3, 0.4) is 0 Å². The lowest BCUT2D eigenvalue weighted by Crippen LogP contribution is -2.11. The summed E-state index contributed by atoms with van der Waals surface area (Å²) in [6.07, 6.45) is 8.38. The summed E-state index contributed by atoms with van der Waals surface area (Å²) in [6.45, 7) is 0. The minimum atomic E-state index is -0.307. The molecule has 0 aliphatic carbocycles. The van der Waals surface area contributed by atoms with Crippen molar-refractivity contribution in [3.63, 3.8) is 0 Å². The molecule has 0 saturated carbocycles. The Morgan fingerprint density at radius 2 is 1.65 bits per heavy atom. The molecule has 7 aromatic rings. The second-order valence-corrected chi connectivity index (χ2v) is 9.15. The van der Waals surface area contributed by atoms with Gasteiger partial charge in [-0.1, -0.05) is 30.3 Å². The van der Waals surface area contributed by atoms with E-state index in [1.54, 1.807) is 55.2 Å². The molecule has 0 atom stereocenters. The van der Waals surface area contributed by atoms with Crippen LogP contribution in [-0.2, 0) is 0 Å². The number of imidazole rings is 1. The number of rotatable bonds is 5. The Bertz CT molecular complexity index is 2020. The van der Waals surface area contributed by atoms with E-state index in [4.69, 9.17) is 4.98 Å². The summed E-state index contributed by atoms with van der Waals surface area (Å²) >= 11 is 0. The fraction of sp³-hybridized carbons (Fsp3) is 0. The van der Waals surface area contributed by atoms with Crippen molar-refractivity contribution < 1.29 is 9.18 Å². The molecule has 0 fully saturated rings. The summed E-state index contributed by atoms with van der Waals surface area (Å²) in [5, 5.41) is 11.2. The maximum atomic E-state index is 13.5. The molecule has 3 N–H and O–H groups in total. The topological polar surface area (TPSA) is 125 Å². The molecule has 9 nitrogen and oxygen atoms in total. The number of aromatic amines is 2. The first-order valence-electron chi connectivity index (χ1n) is 12.4. The first-order chi connectivity index (χ1) is 19.6. The Balaban J connectivity index is 1.25. The number of hydrogen-bond donors (Lipinski definition) is 3. The fourth-order valence-electron chi connectivity index (χ4n) is 4.58. The van der Waals surface area contributed by atoms with Crippen LogP contribution in [0.5, 0.6) is 0 Å². The molecule has 192 valence electrons. The zero-order valence-electron chi connectivity index (χ0n) is 20.8. The fourth-order valence-corrected chi connectivity index (χ4v) is 4.58. The monoisotopic (exact) mass is 526 g/mol. The number of nitrogens with zero attached hydrogens (tertiary/aromatic N) is 5. The van der Waals surface area contributed by atoms with E-state index in [-0.39, 0.29) is 11.7 Å². The SMILES string of the molecule is O=C(Nc1cncc(-c2cc3c(-c4nc5c(-c6ccc(F)cc6)cncc5[nH]4)n[nH]c3cn2)c1)c1ccccc1. The second-order valence-electron chi connectivity index (χ2n) is 9.15. The quantitative estimate of drug-likeness (QED) is 0.252. The number of nitrogens with one attached hydrogen (secondary N) is 3. The van der Waals surface area contributed by atoms with Crippen molar-refractivity contribution in [3.05, 3.63) is 109 Å². The summed E-state index contributed by atoms with van der Waals surface area (Å²) in [5.41, 5.74) is 6.86. The number of benzene rings is 2. The lowest BCUT2D eigenvalue weighted by atomic mass is 10.1. The molecule has 0 spiro atoms. The third-order valence-corrected chi connectivity index (χ3v) is 6.55. The van der Waals surface area contributed by atoms with Crippen molar-refractivity contribution in [2.75, 3.05) is 5.32 Å². The predicted molar refractivity (Wildman–Crippen MR) is 150 cm³/mol. The molecular weight excluding hydrogens is 507 g/mol. The number of carbonyl (C=O) groups is 1. The van der Waals surface area contributed by atoms with Gasteiger partial charge in [-0.15, -0.1) is 0 Å². The van der Waals surface area contributed by atoms with Crippen LogP contribution in [0.4, 0.5) is 10.1 Å². The van der Waals surface area contributed by atoms with Crippen LogP contribution in [0, 0.1) is 5.82 Å². The van der Waals surface area contributed by atoms with Gasteiger partial charge in [0.2, 0.25) is 0 Å². The molecule has 0 bridgehead atoms. The van der Waals surface area contributed by atoms with Crippen LogP contribution in [0.2, 0.25) is 0 Å². The van der Waals surface area contributed by atoms with Gasteiger partial charge in [-0.05, 0) is 42.0 Å². The summed E-state index contributed by atoms with van der Waals surface area (Å²) in [6, 6.07) is 18.9. The van der Waals surface area contributed by atoms with Gasteiger partial charge in [0.05, 0.1) is 46.5 Å². The lowest BCUT2D eigenvalue weighted by Gasteiger charge is -2.07. The molecule has 0 saturated heterocycles. The first-order valence-corrected chi connectivity index (χ1v) is 12.4. The Morgan fingerprint density at radius 1 is 0.825 bits per heavy atom. The van der Waals surface area contributed by atoms with Gasteiger partial charge in [0.1, 0.15) is 11.5 Å². The average molecular weight is 527 g/mol. The van der Waals surface area contributed by atoms with Crippen LogP contribution in [0.25, 0.3) is 55.8 Å². The van der Waals surface area contributed by atoms with Crippen LogP contribution in [0.15, 0.2) is 97.7 Å². The maximum Gasteiger partial charge on any atom is 0.255 e. The van der Waals surface area contributed by atoms with Gasteiger partial charge < -0.3 is 10.3 Å². The number of hydrogen-bond acceptors (Lipinski definition) is 6. The summed E-state index contributed by atoms with van der Waals surface area (Å²) in [5.74, 6) is 0.0227. The highest BCUT2D eigenvalue weighted by Gasteiger charge is 2.17. The number of amides is 1. The van der Waals surface area contributed by atoms with Gasteiger partial charge in [-0.25, -0.2) is 9.37 Å². The van der Waals surface area contributed by atoms with E-state index in [0.29, 0.717) is 34.0 Å². The van der Waals surface area contributed by atoms with Crippen LogP contribution < -0.4 is 5.32 Å². The normalized spacial score (nSPS) is 11.2. The van der Waals surface area contributed by atoms with Crippen LogP contribution >= 0.6 is 0 Å². The Labute approximate surface area is 226 Å². The van der Waals surface area contributed by atoms with E-state index in [0.717, 1.165) is 33.1 Å². The number of pyridine rings is 3. The van der Waals surface area contributed by atoms with E-state index in [1.807, 2.05) is 30.3 Å². The molecule has 5 heterocycles. The molecule has 0 aliphatic rings. The minimum absolute atomic E-state index is 0.223. The second kappa shape index (κ2) is 9.52. The highest BCUT2D eigenvalue weighted by Crippen LogP contribution is 2.32. The molecule has 7 rings (SSSR count). The number of anilines is 1. The Hall–Kier alpha value is -5.77. The number of fused-ring (bicyclic) bond motifs is 2. The molecule has 40 heavy (non-hydrogen) atoms. The van der Waals surface area contributed by atoms with E-state index in [9.17, 15) is 9.18 Å². The van der Waals surface area contributed by atoms with Crippen molar-refractivity contribution in [2.24, 2.45) is 0 Å². The Kier molecular flexibility index (Phi) is 5.56. The highest BCUT2D eigenvalue weighted by molar-refractivity contribution is 6.04. The zero-order valence-corrected chi connectivity index (χ0v) is 20.8. The van der Waals surface area contributed by atoms with Crippen LogP contribution in [-0.4, -0.2) is 41.0 Å². The van der Waals surface area contributed by atoms with E-state index in [1.165, 1.54) is 12.1 Å². The van der Waals surface area contributed by atoms with Crippen molar-refractivity contribution in [2.45, 2.75) is 0 Å². The Morgan fingerprint density at radius 3 is 2.50 bits per heavy atom. The number of halogens is 1. The third-order valence-electron chi connectivity index (χ3n) is 6.55. The molecule has 5 aromatic heterocycles. The molecule has 2 aromatic carbocycles. The largest absolute Gasteiger partial charge is 0.335 e. The van der Waals surface area contributed by atoms with E-state index < -0.39 is 0 Å². The van der Waals surface area contributed by atoms with E-state index in [2.05, 4.69) is 35.5 Å². The van der Waals surface area contributed by atoms with Gasteiger partial charge in [0, 0.05) is 34.5 Å². The first kappa shape index (κ1) is 23.4. The zero-order chi connectivity index (χ0) is 27.1. The molecule has 10 heteroatoms. The minimum Gasteiger partial charge on any atom is -0.335 e. The smallest absolute Gasteiger partial charge is 0.255 e. The summed E-state index contributed by atoms with van der Waals surface area (Å²) < 4.78 is 13.5. The van der Waals surface area contributed by atoms with Crippen molar-refractivity contribution in [3.8, 4) is 33.9 Å². The number of aromatic nitrogens is 7. The molecule has 0 aliphatic heterocycles. The molecule has 0 unspecified atom stereocenters. The number of carbonyl (C=O) groups excluding carboxylic acids is 1. The number of H-pyrrole nitrogens is 2. The van der Waals surface area contributed by atoms with Crippen molar-refractivity contribution >= 4 is 33.5 Å². The highest BCUT2D eigenvalue weighted by atomic mass is 19.1. The average Bonchev–Trinajstić information content (AvgIpc) is 3.62. The van der Waals surface area contributed by atoms with Gasteiger partial charge in [0.25, 0.3) is 5.91 Å². The summed E-state index contributed by atoms with van der Waals surface area (Å²) in [7, 11) is 0. The lowest BCUT2D eigenvalue weighted by molar-refractivity contribution is 0.102. The van der Waals surface area contributed by atoms with Gasteiger partial charge in [-0.2, -0.15) is 5.10 Å². The van der Waals surface area contributed by atoms with Crippen molar-refractivity contribution in [1.29, 1.82) is 0 Å². The predicted octanol–water partition coefficient (Wildman–Crippen LogP) is 6.02. The molecular formula is C30H19FN8O. The van der Waals surface area contributed by atoms with Crippen LogP contribution in [0.1, 0.15) is 10.4 Å². The van der Waals surface area contributed by atoms with Gasteiger partial charge in [-0.3, -0.25) is 24.8 Å².